The molecule has 3 rings (SSSR count). The Morgan fingerprint density at radius 2 is 1.81 bits per heavy atom. The molecule has 0 aliphatic heterocycles. The maximum Gasteiger partial charge on any atom is 0.258 e. The Bertz CT molecular complexity index is 1010. The first-order valence-corrected chi connectivity index (χ1v) is 10.7. The molecule has 2 aromatic carbocycles. The lowest BCUT2D eigenvalue weighted by atomic mass is 9.88. The number of carbonyl (C=O) groups is 2. The van der Waals surface area contributed by atoms with Gasteiger partial charge in [0.05, 0.1) is 19.9 Å². The summed E-state index contributed by atoms with van der Waals surface area (Å²) in [7, 11) is 3.05. The van der Waals surface area contributed by atoms with E-state index in [0.29, 0.717) is 28.4 Å². The number of nitrogens with one attached hydrogen (secondary N) is 2. The Morgan fingerprint density at radius 3 is 2.50 bits per heavy atom. The molecule has 2 amide bonds. The van der Waals surface area contributed by atoms with Crippen LogP contribution in [0.5, 0.6) is 11.5 Å². The third-order valence-corrected chi connectivity index (χ3v) is 5.51. The number of rotatable bonds is 6. The van der Waals surface area contributed by atoms with E-state index in [-0.39, 0.29) is 17.8 Å². The van der Waals surface area contributed by atoms with Gasteiger partial charge in [0.25, 0.3) is 5.91 Å². The van der Waals surface area contributed by atoms with Gasteiger partial charge < -0.3 is 20.5 Å². The van der Waals surface area contributed by atoms with E-state index in [1.807, 2.05) is 6.92 Å². The van der Waals surface area contributed by atoms with Gasteiger partial charge in [-0.15, -0.1) is 0 Å². The lowest BCUT2D eigenvalue weighted by Gasteiger charge is -2.20. The van der Waals surface area contributed by atoms with E-state index < -0.39 is 5.91 Å². The second-order valence-corrected chi connectivity index (χ2v) is 7.85. The maximum absolute atomic E-state index is 12.6. The Hall–Kier alpha value is -3.55. The fourth-order valence-electron chi connectivity index (χ4n) is 3.90. The molecule has 4 N–H and O–H groups in total. The summed E-state index contributed by atoms with van der Waals surface area (Å²) in [6.07, 6.45) is 5.24. The number of guanidine groups is 1. The van der Waals surface area contributed by atoms with Crippen LogP contribution in [0.2, 0.25) is 0 Å². The van der Waals surface area contributed by atoms with Crippen molar-refractivity contribution in [3.05, 3.63) is 47.5 Å². The summed E-state index contributed by atoms with van der Waals surface area (Å²) in [4.78, 5) is 29.4. The summed E-state index contributed by atoms with van der Waals surface area (Å²) >= 11 is 0. The topological polar surface area (TPSA) is 115 Å². The molecule has 1 fully saturated rings. The quantitative estimate of drug-likeness (QED) is 0.467. The molecule has 0 radical (unpaired) electrons. The minimum Gasteiger partial charge on any atom is -0.493 e. The van der Waals surface area contributed by atoms with Gasteiger partial charge in [0.15, 0.2) is 11.5 Å². The van der Waals surface area contributed by atoms with Crippen molar-refractivity contribution in [2.24, 2.45) is 16.6 Å². The zero-order valence-corrected chi connectivity index (χ0v) is 18.7. The molecule has 32 heavy (non-hydrogen) atoms. The van der Waals surface area contributed by atoms with E-state index in [9.17, 15) is 9.59 Å². The number of hydrogen-bond acceptors (Lipinski definition) is 5. The van der Waals surface area contributed by atoms with Crippen molar-refractivity contribution in [1.29, 1.82) is 0 Å². The van der Waals surface area contributed by atoms with E-state index in [0.717, 1.165) is 31.2 Å². The maximum atomic E-state index is 12.6. The number of nitrogens with zero attached hydrogens (tertiary/aromatic N) is 1. The number of amides is 2. The van der Waals surface area contributed by atoms with Crippen LogP contribution < -0.4 is 25.8 Å². The fourth-order valence-corrected chi connectivity index (χ4v) is 3.90. The van der Waals surface area contributed by atoms with Crippen molar-refractivity contribution in [3.8, 4) is 11.5 Å². The third-order valence-electron chi connectivity index (χ3n) is 5.51. The predicted octanol–water partition coefficient (Wildman–Crippen LogP) is 3.91. The minimum absolute atomic E-state index is 0.0379. The molecule has 1 aliphatic rings. The van der Waals surface area contributed by atoms with E-state index >= 15 is 0 Å². The fraction of sp³-hybridized carbons (Fsp3) is 0.375. The summed E-state index contributed by atoms with van der Waals surface area (Å²) < 4.78 is 10.6. The van der Waals surface area contributed by atoms with Crippen LogP contribution in [-0.4, -0.2) is 32.0 Å². The molecule has 0 spiro atoms. The summed E-state index contributed by atoms with van der Waals surface area (Å²) in [5, 5.41) is 5.54. The summed E-state index contributed by atoms with van der Waals surface area (Å²) in [6.45, 7) is 1.82. The van der Waals surface area contributed by atoms with Crippen molar-refractivity contribution in [2.75, 3.05) is 19.5 Å². The van der Waals surface area contributed by atoms with Gasteiger partial charge in [0.1, 0.15) is 0 Å². The largest absolute Gasteiger partial charge is 0.493 e. The Morgan fingerprint density at radius 1 is 1.06 bits per heavy atom. The van der Waals surface area contributed by atoms with Crippen LogP contribution in [0.15, 0.2) is 41.4 Å². The first-order valence-electron chi connectivity index (χ1n) is 10.7. The van der Waals surface area contributed by atoms with Crippen molar-refractivity contribution >= 4 is 29.1 Å². The monoisotopic (exact) mass is 438 g/mol. The molecule has 0 bridgehead atoms. The Balaban J connectivity index is 1.68. The highest BCUT2D eigenvalue weighted by molar-refractivity contribution is 6.06. The highest BCUT2D eigenvalue weighted by Gasteiger charge is 2.21. The van der Waals surface area contributed by atoms with E-state index in [1.165, 1.54) is 13.5 Å². The van der Waals surface area contributed by atoms with E-state index in [2.05, 4.69) is 15.6 Å². The third kappa shape index (κ3) is 5.78. The molecular formula is C24H30N4O4. The Labute approximate surface area is 188 Å². The molecule has 0 saturated heterocycles. The second-order valence-electron chi connectivity index (χ2n) is 7.85. The first kappa shape index (κ1) is 23.1. The second kappa shape index (κ2) is 10.7. The molecule has 1 aliphatic carbocycles. The van der Waals surface area contributed by atoms with Crippen LogP contribution in [-0.2, 0) is 4.79 Å². The number of hydrogen-bond donors (Lipinski definition) is 3. The molecular weight excluding hydrogens is 408 g/mol. The number of nitrogens with two attached hydrogens (primary N) is 1. The van der Waals surface area contributed by atoms with Gasteiger partial charge in [-0.2, -0.15) is 0 Å². The number of aliphatic imine (C=N–C) groups is 1. The van der Waals surface area contributed by atoms with Crippen LogP contribution in [0.3, 0.4) is 0 Å². The van der Waals surface area contributed by atoms with Crippen LogP contribution in [0.25, 0.3) is 0 Å². The molecule has 0 atom stereocenters. The summed E-state index contributed by atoms with van der Waals surface area (Å²) in [5.74, 6) is 0.642. The normalized spacial score (nSPS) is 14.5. The molecule has 0 unspecified atom stereocenters. The summed E-state index contributed by atoms with van der Waals surface area (Å²) in [6, 6.07) is 10.3. The number of anilines is 1. The van der Waals surface area contributed by atoms with Gasteiger partial charge in [-0.05, 0) is 55.7 Å². The smallest absolute Gasteiger partial charge is 0.258 e. The molecule has 8 nitrogen and oxygen atoms in total. The molecule has 0 aromatic heterocycles. The van der Waals surface area contributed by atoms with Crippen LogP contribution in [0.1, 0.15) is 48.0 Å². The van der Waals surface area contributed by atoms with Crippen LogP contribution in [0.4, 0.5) is 11.4 Å². The van der Waals surface area contributed by atoms with Crippen molar-refractivity contribution in [2.45, 2.75) is 39.0 Å². The summed E-state index contributed by atoms with van der Waals surface area (Å²) in [5.41, 5.74) is 8.25. The number of methoxy groups -OCH3 is 2. The van der Waals surface area contributed by atoms with Crippen LogP contribution in [0, 0.1) is 12.8 Å². The average Bonchev–Trinajstić information content (AvgIpc) is 2.79. The van der Waals surface area contributed by atoms with E-state index in [4.69, 9.17) is 15.2 Å². The number of benzene rings is 2. The molecule has 8 heteroatoms. The lowest BCUT2D eigenvalue weighted by Crippen LogP contribution is -2.36. The number of aryl methyl sites for hydroxylation is 1. The highest BCUT2D eigenvalue weighted by Crippen LogP contribution is 2.32. The SMILES string of the molecule is COc1cc(C(=O)NC(N)=Nc2cccc(NC(=O)C3CCCCC3)c2)cc(C)c1OC. The van der Waals surface area contributed by atoms with E-state index in [1.54, 1.807) is 43.5 Å². The average molecular weight is 439 g/mol. The lowest BCUT2D eigenvalue weighted by molar-refractivity contribution is -0.120. The molecule has 170 valence electrons. The molecule has 1 saturated carbocycles. The zero-order chi connectivity index (χ0) is 23.1. The Kier molecular flexibility index (Phi) is 7.70. The highest BCUT2D eigenvalue weighted by atomic mass is 16.5. The van der Waals surface area contributed by atoms with Gasteiger partial charge in [-0.25, -0.2) is 4.99 Å². The first-order chi connectivity index (χ1) is 15.4. The van der Waals surface area contributed by atoms with Crippen LogP contribution >= 0.6 is 0 Å². The van der Waals surface area contributed by atoms with Gasteiger partial charge in [0, 0.05) is 17.2 Å². The standard InChI is InChI=1S/C24H30N4O4/c1-15-12-17(13-20(31-2)21(15)32-3)23(30)28-24(25)27-19-11-7-10-18(14-19)26-22(29)16-8-5-4-6-9-16/h7,10-14,16H,4-6,8-9H2,1-3H3,(H,26,29)(H3,25,27,28,30). The predicted molar refractivity (Wildman–Crippen MR) is 125 cm³/mol. The number of carbonyl (C=O) groups excluding carboxylic acids is 2. The van der Waals surface area contributed by atoms with Gasteiger partial charge in [0.2, 0.25) is 11.9 Å². The van der Waals surface area contributed by atoms with Crippen molar-refractivity contribution in [1.82, 2.24) is 5.32 Å². The number of ether oxygens (including phenoxy) is 2. The van der Waals surface area contributed by atoms with Gasteiger partial charge in [-0.1, -0.05) is 25.3 Å². The van der Waals surface area contributed by atoms with Crippen molar-refractivity contribution in [3.63, 3.8) is 0 Å². The van der Waals surface area contributed by atoms with Gasteiger partial charge >= 0.3 is 0 Å². The van der Waals surface area contributed by atoms with Gasteiger partial charge in [-0.3, -0.25) is 14.9 Å². The van der Waals surface area contributed by atoms with Crippen molar-refractivity contribution < 1.29 is 19.1 Å². The minimum atomic E-state index is -0.419. The molecule has 0 heterocycles. The zero-order valence-electron chi connectivity index (χ0n) is 18.7. The molecule has 2 aromatic rings.